The Balaban J connectivity index is 1.97. The molecule has 3 heteroatoms. The van der Waals surface area contributed by atoms with E-state index in [4.69, 9.17) is 4.42 Å². The smallest absolute Gasteiger partial charge is 0.408 e. The van der Waals surface area contributed by atoms with Crippen LogP contribution in [0.3, 0.4) is 0 Å². The molecule has 0 saturated heterocycles. The highest BCUT2D eigenvalue weighted by Crippen LogP contribution is 2.17. The van der Waals surface area contributed by atoms with Gasteiger partial charge in [0, 0.05) is 0 Å². The van der Waals surface area contributed by atoms with Crippen LogP contribution in [0.4, 0.5) is 0 Å². The third kappa shape index (κ3) is 2.27. The Morgan fingerprint density at radius 3 is 2.45 bits per heavy atom. The van der Waals surface area contributed by atoms with Gasteiger partial charge in [-0.1, -0.05) is 50.2 Å². The maximum absolute atomic E-state index is 11.9. The van der Waals surface area contributed by atoms with E-state index in [1.165, 1.54) is 5.56 Å². The first kappa shape index (κ1) is 12.7. The summed E-state index contributed by atoms with van der Waals surface area (Å²) in [4.78, 5) is 11.9. The highest BCUT2D eigenvalue weighted by atomic mass is 16.4. The van der Waals surface area contributed by atoms with Crippen molar-refractivity contribution in [2.75, 3.05) is 0 Å². The molecule has 0 N–H and O–H groups in total. The van der Waals surface area contributed by atoms with Crippen molar-refractivity contribution < 1.29 is 4.42 Å². The van der Waals surface area contributed by atoms with E-state index in [2.05, 4.69) is 38.1 Å². The second-order valence-electron chi connectivity index (χ2n) is 5.32. The van der Waals surface area contributed by atoms with Gasteiger partial charge in [-0.15, -0.1) is 0 Å². The molecule has 0 radical (unpaired) electrons. The van der Waals surface area contributed by atoms with Crippen LogP contribution in [0.5, 0.6) is 0 Å². The van der Waals surface area contributed by atoms with E-state index >= 15 is 0 Å². The monoisotopic (exact) mass is 267 g/mol. The largest absolute Gasteiger partial charge is 0.420 e. The van der Waals surface area contributed by atoms with Gasteiger partial charge in [0.2, 0.25) is 0 Å². The average molecular weight is 267 g/mol. The summed E-state index contributed by atoms with van der Waals surface area (Å²) in [5.41, 5.74) is 3.88. The number of para-hydroxylation sites is 2. The Hall–Kier alpha value is -2.29. The van der Waals surface area contributed by atoms with Gasteiger partial charge in [-0.2, -0.15) is 0 Å². The molecule has 0 unspecified atom stereocenters. The van der Waals surface area contributed by atoms with E-state index in [-0.39, 0.29) is 5.76 Å². The number of oxazole rings is 1. The summed E-state index contributed by atoms with van der Waals surface area (Å²) in [6, 6.07) is 15.9. The van der Waals surface area contributed by atoms with Crippen LogP contribution in [0.15, 0.2) is 57.7 Å². The van der Waals surface area contributed by atoms with Crippen LogP contribution in [0.2, 0.25) is 0 Å². The summed E-state index contributed by atoms with van der Waals surface area (Å²) < 4.78 is 6.91. The van der Waals surface area contributed by atoms with E-state index in [1.54, 1.807) is 4.57 Å². The van der Waals surface area contributed by atoms with Crippen molar-refractivity contribution in [2.45, 2.75) is 26.3 Å². The predicted molar refractivity (Wildman–Crippen MR) is 80.1 cm³/mol. The molecule has 0 aliphatic heterocycles. The van der Waals surface area contributed by atoms with Crippen LogP contribution in [-0.4, -0.2) is 4.57 Å². The van der Waals surface area contributed by atoms with Gasteiger partial charge in [0.25, 0.3) is 0 Å². The molecule has 1 heterocycles. The molecule has 0 aliphatic carbocycles. The number of fused-ring (bicyclic) bond motifs is 1. The lowest BCUT2D eigenvalue weighted by molar-refractivity contribution is 0.517. The van der Waals surface area contributed by atoms with Crippen LogP contribution in [-0.2, 0) is 6.54 Å². The van der Waals surface area contributed by atoms with Gasteiger partial charge in [-0.05, 0) is 29.2 Å². The molecule has 2 aromatic carbocycles. The van der Waals surface area contributed by atoms with E-state index in [0.717, 1.165) is 11.1 Å². The molecule has 1 aromatic heterocycles. The number of hydrogen-bond donors (Lipinski definition) is 0. The molecule has 102 valence electrons. The third-order valence-electron chi connectivity index (χ3n) is 3.56. The molecule has 0 spiro atoms. The van der Waals surface area contributed by atoms with Gasteiger partial charge in [0.05, 0.1) is 12.1 Å². The standard InChI is InChI=1S/C17H17NO2/c1-12(2)14-9-7-13(8-10-14)11-18-15-5-3-4-6-16(15)20-17(18)19/h3-10,12H,11H2,1-2H3. The van der Waals surface area contributed by atoms with Crippen molar-refractivity contribution >= 4 is 11.1 Å². The molecule has 0 saturated carbocycles. The average Bonchev–Trinajstić information content (AvgIpc) is 2.76. The van der Waals surface area contributed by atoms with Crippen molar-refractivity contribution in [3.63, 3.8) is 0 Å². The molecular weight excluding hydrogens is 250 g/mol. The molecule has 0 amide bonds. The number of benzene rings is 2. The minimum atomic E-state index is -0.306. The van der Waals surface area contributed by atoms with Crippen molar-refractivity contribution in [3.8, 4) is 0 Å². The van der Waals surface area contributed by atoms with Crippen LogP contribution in [0.25, 0.3) is 11.1 Å². The van der Waals surface area contributed by atoms with Gasteiger partial charge >= 0.3 is 5.76 Å². The Morgan fingerprint density at radius 1 is 1.05 bits per heavy atom. The van der Waals surface area contributed by atoms with E-state index in [9.17, 15) is 4.79 Å². The van der Waals surface area contributed by atoms with Crippen molar-refractivity contribution in [1.29, 1.82) is 0 Å². The summed E-state index contributed by atoms with van der Waals surface area (Å²) in [7, 11) is 0. The fourth-order valence-corrected chi connectivity index (χ4v) is 2.35. The highest BCUT2D eigenvalue weighted by Gasteiger charge is 2.09. The van der Waals surface area contributed by atoms with Gasteiger partial charge < -0.3 is 4.42 Å². The second kappa shape index (κ2) is 5.00. The maximum atomic E-state index is 11.9. The first-order chi connectivity index (χ1) is 9.65. The fourth-order valence-electron chi connectivity index (χ4n) is 2.35. The van der Waals surface area contributed by atoms with Crippen molar-refractivity contribution in [3.05, 3.63) is 70.2 Å². The quantitative estimate of drug-likeness (QED) is 0.724. The summed E-state index contributed by atoms with van der Waals surface area (Å²) in [6.45, 7) is 4.88. The molecule has 0 atom stereocenters. The zero-order valence-corrected chi connectivity index (χ0v) is 11.7. The lowest BCUT2D eigenvalue weighted by Gasteiger charge is -2.07. The van der Waals surface area contributed by atoms with Gasteiger partial charge in [-0.3, -0.25) is 4.57 Å². The predicted octanol–water partition coefficient (Wildman–Crippen LogP) is 3.77. The number of rotatable bonds is 3. The zero-order chi connectivity index (χ0) is 14.1. The normalized spacial score (nSPS) is 11.3. The second-order valence-corrected chi connectivity index (χ2v) is 5.32. The molecule has 3 nitrogen and oxygen atoms in total. The summed E-state index contributed by atoms with van der Waals surface area (Å²) >= 11 is 0. The molecule has 3 aromatic rings. The highest BCUT2D eigenvalue weighted by molar-refractivity contribution is 5.72. The molecular formula is C17H17NO2. The third-order valence-corrected chi connectivity index (χ3v) is 3.56. The van der Waals surface area contributed by atoms with Gasteiger partial charge in [0.15, 0.2) is 5.58 Å². The number of aromatic nitrogens is 1. The molecule has 20 heavy (non-hydrogen) atoms. The Bertz CT molecular complexity index is 779. The van der Waals surface area contributed by atoms with E-state index in [0.29, 0.717) is 18.0 Å². The molecule has 0 bridgehead atoms. The molecule has 0 fully saturated rings. The van der Waals surface area contributed by atoms with Crippen LogP contribution in [0, 0.1) is 0 Å². The van der Waals surface area contributed by atoms with Gasteiger partial charge in [-0.25, -0.2) is 4.79 Å². The van der Waals surface area contributed by atoms with E-state index in [1.807, 2.05) is 24.3 Å². The maximum Gasteiger partial charge on any atom is 0.420 e. The van der Waals surface area contributed by atoms with Gasteiger partial charge in [0.1, 0.15) is 0 Å². The lowest BCUT2D eigenvalue weighted by atomic mass is 10.0. The first-order valence-electron chi connectivity index (χ1n) is 6.82. The minimum absolute atomic E-state index is 0.306. The topological polar surface area (TPSA) is 35.1 Å². The van der Waals surface area contributed by atoms with Crippen LogP contribution < -0.4 is 5.76 Å². The molecule has 0 aliphatic rings. The SMILES string of the molecule is CC(C)c1ccc(Cn2c(=O)oc3ccccc32)cc1. The zero-order valence-electron chi connectivity index (χ0n) is 11.7. The minimum Gasteiger partial charge on any atom is -0.408 e. The first-order valence-corrected chi connectivity index (χ1v) is 6.82. The van der Waals surface area contributed by atoms with Crippen molar-refractivity contribution in [2.24, 2.45) is 0 Å². The van der Waals surface area contributed by atoms with Crippen LogP contribution in [0.1, 0.15) is 30.9 Å². The lowest BCUT2D eigenvalue weighted by Crippen LogP contribution is -2.14. The Labute approximate surface area is 117 Å². The Kier molecular flexibility index (Phi) is 3.18. The summed E-state index contributed by atoms with van der Waals surface area (Å²) in [5, 5.41) is 0. The summed E-state index contributed by atoms with van der Waals surface area (Å²) in [6.07, 6.45) is 0. The molecule has 3 rings (SSSR count). The number of nitrogens with zero attached hydrogens (tertiary/aromatic N) is 1. The fraction of sp³-hybridized carbons (Fsp3) is 0.235. The van der Waals surface area contributed by atoms with Crippen molar-refractivity contribution in [1.82, 2.24) is 4.57 Å². The summed E-state index contributed by atoms with van der Waals surface area (Å²) in [5.74, 6) is 0.209. The Morgan fingerprint density at radius 2 is 1.75 bits per heavy atom. The van der Waals surface area contributed by atoms with E-state index < -0.39 is 0 Å². The van der Waals surface area contributed by atoms with Crippen LogP contribution >= 0.6 is 0 Å². The number of hydrogen-bond acceptors (Lipinski definition) is 2.